The van der Waals surface area contributed by atoms with Crippen molar-refractivity contribution < 1.29 is 18.6 Å². The first kappa shape index (κ1) is 28.3. The third-order valence-corrected chi connectivity index (χ3v) is 10.8. The van der Waals surface area contributed by atoms with Crippen LogP contribution in [0.25, 0.3) is 32.9 Å². The molecular weight excluding hydrogens is 579 g/mol. The molecule has 44 heavy (non-hydrogen) atoms. The molecule has 3 aliphatic heterocycles. The first-order valence-corrected chi connectivity index (χ1v) is 16.4. The van der Waals surface area contributed by atoms with E-state index < -0.39 is 5.82 Å². The maximum Gasteiger partial charge on any atom is 0.216 e. The lowest BCUT2D eigenvalue weighted by Crippen LogP contribution is -2.43. The van der Waals surface area contributed by atoms with Gasteiger partial charge >= 0.3 is 0 Å². The quantitative estimate of drug-likeness (QED) is 0.190. The topological polar surface area (TPSA) is 60.0 Å². The summed E-state index contributed by atoms with van der Waals surface area (Å²) < 4.78 is 34.4. The van der Waals surface area contributed by atoms with E-state index in [9.17, 15) is 0 Å². The van der Waals surface area contributed by atoms with Crippen LogP contribution in [-0.4, -0.2) is 67.1 Å². The summed E-state index contributed by atoms with van der Waals surface area (Å²) in [7, 11) is 1.57. The second-order valence-electron chi connectivity index (χ2n) is 13.2. The van der Waals surface area contributed by atoms with Crippen LogP contribution in [0.3, 0.4) is 0 Å². The van der Waals surface area contributed by atoms with Crippen LogP contribution >= 0.6 is 11.6 Å². The Morgan fingerprint density at radius 1 is 1.05 bits per heavy atom. The van der Waals surface area contributed by atoms with Gasteiger partial charge in [0.15, 0.2) is 12.6 Å². The number of ether oxygens (including phenoxy) is 3. The summed E-state index contributed by atoms with van der Waals surface area (Å²) in [6.45, 7) is 4.84. The van der Waals surface area contributed by atoms with Gasteiger partial charge in [-0.1, -0.05) is 23.7 Å². The Hall–Kier alpha value is -3.20. The molecule has 1 saturated carbocycles. The number of hydrogen-bond acceptors (Lipinski definition) is 7. The van der Waals surface area contributed by atoms with Crippen LogP contribution in [0, 0.1) is 17.7 Å². The summed E-state index contributed by atoms with van der Waals surface area (Å²) in [5.74, 6) is 1.89. The summed E-state index contributed by atoms with van der Waals surface area (Å²) in [6, 6.07) is 11.3. The normalized spacial score (nSPS) is 22.7. The van der Waals surface area contributed by atoms with Gasteiger partial charge in [-0.05, 0) is 93.5 Å². The average Bonchev–Trinajstić information content (AvgIpc) is 3.72. The standard InChI is InChI=1S/C35H38ClFN4O3/c1-42-21-44-25-14-24-5-2-6-28(36)31(24)26(15-25)33-32(37)34-27(17-38-33)29(40-18-22-7-8-23(13-22)19-40)16-30(39-34)43-20-35-9-3-11-41(35)12-4-10-35/h2,5-6,14-17,22-23H,3-4,7-13,18-21H2,1H3. The predicted octanol–water partition coefficient (Wildman–Crippen LogP) is 7.47. The zero-order valence-corrected chi connectivity index (χ0v) is 25.9. The third-order valence-electron chi connectivity index (χ3n) is 10.5. The van der Waals surface area contributed by atoms with Crippen molar-refractivity contribution >= 4 is 39.0 Å². The Morgan fingerprint density at radius 3 is 2.61 bits per heavy atom. The van der Waals surface area contributed by atoms with Gasteiger partial charge in [0.05, 0.1) is 11.2 Å². The molecular formula is C35H38ClFN4O3. The highest BCUT2D eigenvalue weighted by Crippen LogP contribution is 2.44. The highest BCUT2D eigenvalue weighted by molar-refractivity contribution is 6.36. The van der Waals surface area contributed by atoms with Crippen LogP contribution in [0.1, 0.15) is 44.9 Å². The van der Waals surface area contributed by atoms with Gasteiger partial charge in [-0.15, -0.1) is 0 Å². The van der Waals surface area contributed by atoms with Gasteiger partial charge in [0, 0.05) is 53.8 Å². The lowest BCUT2D eigenvalue weighted by molar-refractivity contribution is 0.0512. The number of rotatable bonds is 8. The maximum absolute atomic E-state index is 16.9. The monoisotopic (exact) mass is 616 g/mol. The molecule has 2 atom stereocenters. The Bertz CT molecular complexity index is 1710. The van der Waals surface area contributed by atoms with E-state index in [2.05, 4.69) is 9.80 Å². The second kappa shape index (κ2) is 11.3. The maximum atomic E-state index is 16.9. The van der Waals surface area contributed by atoms with E-state index in [1.54, 1.807) is 19.4 Å². The molecule has 0 spiro atoms. The van der Waals surface area contributed by atoms with E-state index >= 15 is 4.39 Å². The Morgan fingerprint density at radius 2 is 1.84 bits per heavy atom. The molecule has 0 radical (unpaired) electrons. The zero-order chi connectivity index (χ0) is 29.8. The van der Waals surface area contributed by atoms with Crippen molar-refractivity contribution in [2.75, 3.05) is 51.6 Å². The van der Waals surface area contributed by atoms with Gasteiger partial charge < -0.3 is 19.1 Å². The van der Waals surface area contributed by atoms with Crippen LogP contribution in [0.2, 0.25) is 5.02 Å². The zero-order valence-electron chi connectivity index (χ0n) is 25.2. The van der Waals surface area contributed by atoms with Crippen LogP contribution in [0.5, 0.6) is 11.6 Å². The summed E-state index contributed by atoms with van der Waals surface area (Å²) >= 11 is 6.71. The number of pyridine rings is 2. The molecule has 0 amide bonds. The van der Waals surface area contributed by atoms with Crippen LogP contribution in [-0.2, 0) is 4.74 Å². The molecule has 0 N–H and O–H groups in total. The minimum atomic E-state index is -0.485. The molecule has 7 nitrogen and oxygen atoms in total. The van der Waals surface area contributed by atoms with Crippen LogP contribution in [0.4, 0.5) is 10.1 Å². The summed E-state index contributed by atoms with van der Waals surface area (Å²) in [5, 5.41) is 2.77. The van der Waals surface area contributed by atoms with E-state index in [4.69, 9.17) is 35.8 Å². The summed E-state index contributed by atoms with van der Waals surface area (Å²) in [5.41, 5.74) is 2.05. The Labute approximate surface area is 262 Å². The lowest BCUT2D eigenvalue weighted by atomic mass is 9.95. The largest absolute Gasteiger partial charge is 0.476 e. The number of nitrogens with zero attached hydrogens (tertiary/aromatic N) is 4. The summed E-state index contributed by atoms with van der Waals surface area (Å²) in [6.07, 6.45) is 10.3. The van der Waals surface area contributed by atoms with Crippen molar-refractivity contribution in [1.29, 1.82) is 0 Å². The first-order chi connectivity index (χ1) is 21.5. The SMILES string of the molecule is COCOc1cc(-c2ncc3c(N4CC5CCC(C5)C4)cc(OCC45CCCN4CCC5)nc3c2F)c2c(Cl)cccc2c1. The molecule has 2 aromatic carbocycles. The number of methoxy groups -OCH3 is 1. The van der Waals surface area contributed by atoms with Crippen molar-refractivity contribution in [3.05, 3.63) is 53.4 Å². The number of fused-ring (bicyclic) bond motifs is 5. The molecule has 4 aliphatic rings. The average molecular weight is 617 g/mol. The van der Waals surface area contributed by atoms with Gasteiger partial charge in [-0.3, -0.25) is 9.88 Å². The van der Waals surface area contributed by atoms with Crippen LogP contribution in [0.15, 0.2) is 42.6 Å². The van der Waals surface area contributed by atoms with Gasteiger partial charge in [-0.25, -0.2) is 9.37 Å². The van der Waals surface area contributed by atoms with E-state index in [1.165, 1.54) is 32.1 Å². The first-order valence-electron chi connectivity index (χ1n) is 16.0. The van der Waals surface area contributed by atoms with Crippen molar-refractivity contribution in [2.45, 2.75) is 50.5 Å². The highest BCUT2D eigenvalue weighted by atomic mass is 35.5. The van der Waals surface area contributed by atoms with Gasteiger partial charge in [0.2, 0.25) is 5.88 Å². The van der Waals surface area contributed by atoms with Gasteiger partial charge in [0.1, 0.15) is 23.6 Å². The molecule has 2 unspecified atom stereocenters. The van der Waals surface area contributed by atoms with Crippen molar-refractivity contribution in [3.8, 4) is 22.9 Å². The minimum absolute atomic E-state index is 0.0707. The van der Waals surface area contributed by atoms with E-state index in [1.807, 2.05) is 30.3 Å². The van der Waals surface area contributed by atoms with E-state index in [0.29, 0.717) is 51.4 Å². The lowest BCUT2D eigenvalue weighted by Gasteiger charge is -2.35. The number of hydrogen-bond donors (Lipinski definition) is 0. The molecule has 4 aromatic rings. The number of piperidine rings is 1. The van der Waals surface area contributed by atoms with Gasteiger partial charge in [-0.2, -0.15) is 0 Å². The van der Waals surface area contributed by atoms with Crippen molar-refractivity contribution in [1.82, 2.24) is 14.9 Å². The molecule has 2 aromatic heterocycles. The number of anilines is 1. The fourth-order valence-electron chi connectivity index (χ4n) is 8.46. The molecule has 5 heterocycles. The molecule has 9 heteroatoms. The van der Waals surface area contributed by atoms with E-state index in [0.717, 1.165) is 50.1 Å². The van der Waals surface area contributed by atoms with Gasteiger partial charge in [0.25, 0.3) is 0 Å². The highest BCUT2D eigenvalue weighted by Gasteiger charge is 2.45. The second-order valence-corrected chi connectivity index (χ2v) is 13.6. The number of benzene rings is 2. The molecule has 3 saturated heterocycles. The Balaban J connectivity index is 1.26. The summed E-state index contributed by atoms with van der Waals surface area (Å²) in [4.78, 5) is 14.6. The predicted molar refractivity (Wildman–Crippen MR) is 171 cm³/mol. The number of aromatic nitrogens is 2. The molecule has 1 aliphatic carbocycles. The molecule has 8 rings (SSSR count). The molecule has 4 fully saturated rings. The minimum Gasteiger partial charge on any atom is -0.476 e. The fraction of sp³-hybridized carbons (Fsp3) is 0.486. The van der Waals surface area contributed by atoms with Crippen molar-refractivity contribution in [2.24, 2.45) is 11.8 Å². The molecule has 2 bridgehead atoms. The van der Waals surface area contributed by atoms with E-state index in [-0.39, 0.29) is 23.5 Å². The van der Waals surface area contributed by atoms with Crippen LogP contribution < -0.4 is 14.4 Å². The number of halogens is 2. The van der Waals surface area contributed by atoms with Crippen molar-refractivity contribution in [3.63, 3.8) is 0 Å². The molecule has 230 valence electrons. The Kier molecular flexibility index (Phi) is 7.27. The fourth-order valence-corrected chi connectivity index (χ4v) is 8.74. The smallest absolute Gasteiger partial charge is 0.216 e. The third kappa shape index (κ3) is 4.86.